The van der Waals surface area contributed by atoms with E-state index < -0.39 is 0 Å². The lowest BCUT2D eigenvalue weighted by molar-refractivity contribution is -0.659. The molecule has 0 heterocycles. The predicted molar refractivity (Wildman–Crippen MR) is 63.4 cm³/mol. The molecule has 1 aromatic rings. The molecule has 16 heavy (non-hydrogen) atoms. The first kappa shape index (κ1) is 12.5. The molecule has 0 aliphatic rings. The molecule has 0 aliphatic heterocycles. The molecule has 1 aromatic carbocycles. The lowest BCUT2D eigenvalue weighted by Gasteiger charge is -2.13. The summed E-state index contributed by atoms with van der Waals surface area (Å²) in [6, 6.07) is 9.54. The third kappa shape index (κ3) is 4.29. The summed E-state index contributed by atoms with van der Waals surface area (Å²) >= 11 is 0. The first-order valence-corrected chi connectivity index (χ1v) is 5.67. The average Bonchev–Trinajstić information content (AvgIpc) is 2.29. The maximum Gasteiger partial charge on any atom is 0.160 e. The number of hydrogen-bond acceptors (Lipinski definition) is 2. The van der Waals surface area contributed by atoms with E-state index in [1.165, 1.54) is 5.01 Å². The first-order chi connectivity index (χ1) is 7.74. The minimum Gasteiger partial charge on any atom is -0.235 e. The van der Waals surface area contributed by atoms with Gasteiger partial charge >= 0.3 is 0 Å². The quantitative estimate of drug-likeness (QED) is 0.405. The van der Waals surface area contributed by atoms with Gasteiger partial charge in [-0.05, 0) is 12.0 Å². The molecule has 0 amide bonds. The zero-order valence-corrected chi connectivity index (χ0v) is 9.63. The van der Waals surface area contributed by atoms with Crippen LogP contribution in [0.1, 0.15) is 31.7 Å². The van der Waals surface area contributed by atoms with E-state index in [0.29, 0.717) is 13.1 Å². The van der Waals surface area contributed by atoms with Crippen LogP contribution in [-0.2, 0) is 6.54 Å². The van der Waals surface area contributed by atoms with E-state index in [0.717, 1.165) is 24.8 Å². The lowest BCUT2D eigenvalue weighted by Crippen LogP contribution is -2.30. The number of rotatable bonds is 7. The van der Waals surface area contributed by atoms with Crippen molar-refractivity contribution >= 4 is 0 Å². The van der Waals surface area contributed by atoms with Gasteiger partial charge in [0.15, 0.2) is 5.03 Å². The van der Waals surface area contributed by atoms with E-state index in [9.17, 15) is 10.1 Å². The summed E-state index contributed by atoms with van der Waals surface area (Å²) in [5.41, 5.74) is 0.982. The monoisotopic (exact) mass is 222 g/mol. The summed E-state index contributed by atoms with van der Waals surface area (Å²) in [4.78, 5) is 10.8. The van der Waals surface area contributed by atoms with Gasteiger partial charge in [-0.3, -0.25) is 0 Å². The Bertz CT molecular complexity index is 314. The molecule has 0 spiro atoms. The Hall–Kier alpha value is -1.58. The second-order valence-electron chi connectivity index (χ2n) is 3.82. The molecule has 1 rings (SSSR count). The van der Waals surface area contributed by atoms with Crippen molar-refractivity contribution in [2.75, 3.05) is 6.54 Å². The third-order valence-corrected chi connectivity index (χ3v) is 2.46. The lowest BCUT2D eigenvalue weighted by atomic mass is 10.2. The van der Waals surface area contributed by atoms with Gasteiger partial charge < -0.3 is 0 Å². The molecule has 0 radical (unpaired) electrons. The summed E-state index contributed by atoms with van der Waals surface area (Å²) in [6.07, 6.45) is 3.00. The van der Waals surface area contributed by atoms with Gasteiger partial charge in [-0.25, -0.2) is 10.1 Å². The van der Waals surface area contributed by atoms with Crippen LogP contribution >= 0.6 is 0 Å². The molecule has 4 nitrogen and oxygen atoms in total. The highest BCUT2D eigenvalue weighted by atomic mass is 16.7. The second-order valence-corrected chi connectivity index (χ2v) is 3.82. The Labute approximate surface area is 96.0 Å². The molecular weight excluding hydrogens is 204 g/mol. The predicted octanol–water partition coefficient (Wildman–Crippen LogP) is 2.87. The number of nitro groups is 1. The van der Waals surface area contributed by atoms with E-state index in [1.54, 1.807) is 0 Å². The third-order valence-electron chi connectivity index (χ3n) is 2.46. The van der Waals surface area contributed by atoms with Gasteiger partial charge in [-0.2, -0.15) is 0 Å². The minimum atomic E-state index is -0.303. The van der Waals surface area contributed by atoms with Crippen molar-refractivity contribution in [3.8, 4) is 0 Å². The van der Waals surface area contributed by atoms with E-state index >= 15 is 0 Å². The van der Waals surface area contributed by atoms with Gasteiger partial charge in [0.05, 0.1) is 6.54 Å². The number of nitrogens with zero attached hydrogens (tertiary/aromatic N) is 2. The molecule has 0 bridgehead atoms. The van der Waals surface area contributed by atoms with Crippen LogP contribution in [-0.4, -0.2) is 16.6 Å². The van der Waals surface area contributed by atoms with Crippen LogP contribution in [0.4, 0.5) is 0 Å². The molecule has 0 saturated carbocycles. The van der Waals surface area contributed by atoms with Crippen molar-refractivity contribution < 1.29 is 5.03 Å². The minimum absolute atomic E-state index is 0.303. The number of hydrazine groups is 1. The summed E-state index contributed by atoms with van der Waals surface area (Å²) in [6.45, 7) is 3.00. The van der Waals surface area contributed by atoms with Gasteiger partial charge in [-0.15, -0.1) is 5.01 Å². The molecule has 0 fully saturated rings. The van der Waals surface area contributed by atoms with Crippen LogP contribution in [0, 0.1) is 10.1 Å². The Morgan fingerprint density at radius 1 is 1.25 bits per heavy atom. The van der Waals surface area contributed by atoms with Crippen LogP contribution in [0.2, 0.25) is 0 Å². The molecular formula is C12H18N2O2. The van der Waals surface area contributed by atoms with Crippen molar-refractivity contribution in [3.05, 3.63) is 46.0 Å². The highest BCUT2D eigenvalue weighted by Gasteiger charge is 2.13. The van der Waals surface area contributed by atoms with Crippen LogP contribution in [0.5, 0.6) is 0 Å². The normalized spacial score (nSPS) is 10.1. The van der Waals surface area contributed by atoms with Gasteiger partial charge in [0.2, 0.25) is 0 Å². The van der Waals surface area contributed by atoms with Crippen LogP contribution in [0.3, 0.4) is 0 Å². The molecule has 4 heteroatoms. The number of hydrogen-bond donors (Lipinski definition) is 0. The number of unbranched alkanes of at least 4 members (excludes halogenated alkanes) is 2. The van der Waals surface area contributed by atoms with Crippen molar-refractivity contribution in [2.24, 2.45) is 0 Å². The Kier molecular flexibility index (Phi) is 5.32. The Morgan fingerprint density at radius 2 is 1.94 bits per heavy atom. The van der Waals surface area contributed by atoms with Gasteiger partial charge in [0, 0.05) is 0 Å². The fraction of sp³-hybridized carbons (Fsp3) is 0.500. The molecule has 0 N–H and O–H groups in total. The fourth-order valence-corrected chi connectivity index (χ4v) is 1.56. The fourth-order valence-electron chi connectivity index (χ4n) is 1.56. The summed E-state index contributed by atoms with van der Waals surface area (Å²) in [5, 5.41) is 11.8. The maximum atomic E-state index is 10.8. The van der Waals surface area contributed by atoms with Crippen LogP contribution in [0.15, 0.2) is 30.3 Å². The zero-order chi connectivity index (χ0) is 11.8. The van der Waals surface area contributed by atoms with Crippen molar-refractivity contribution in [1.29, 1.82) is 0 Å². The van der Waals surface area contributed by atoms with Crippen molar-refractivity contribution in [3.63, 3.8) is 0 Å². The van der Waals surface area contributed by atoms with Gasteiger partial charge in [-0.1, -0.05) is 50.1 Å². The average molecular weight is 222 g/mol. The molecule has 0 unspecified atom stereocenters. The summed E-state index contributed by atoms with van der Waals surface area (Å²) < 4.78 is 0. The maximum absolute atomic E-state index is 10.8. The number of benzene rings is 1. The van der Waals surface area contributed by atoms with Gasteiger partial charge in [0.1, 0.15) is 6.54 Å². The second kappa shape index (κ2) is 6.82. The molecule has 0 aromatic heterocycles. The summed E-state index contributed by atoms with van der Waals surface area (Å²) in [7, 11) is 0. The first-order valence-electron chi connectivity index (χ1n) is 5.67. The molecule has 0 saturated heterocycles. The standard InChI is InChI=1S/C12H18N2O2/c1-2-3-7-10-13(14(15)16)11-12-8-5-4-6-9-12/h4-6,8-9H,2-3,7,10-11H2,1H3. The van der Waals surface area contributed by atoms with E-state index in [4.69, 9.17) is 0 Å². The molecule has 0 atom stereocenters. The van der Waals surface area contributed by atoms with E-state index in [2.05, 4.69) is 6.92 Å². The molecule has 88 valence electrons. The van der Waals surface area contributed by atoms with Crippen molar-refractivity contribution in [1.82, 2.24) is 5.01 Å². The highest BCUT2D eigenvalue weighted by molar-refractivity contribution is 5.13. The summed E-state index contributed by atoms with van der Waals surface area (Å²) in [5.74, 6) is 0. The van der Waals surface area contributed by atoms with E-state index in [-0.39, 0.29) is 5.03 Å². The molecule has 0 aliphatic carbocycles. The Morgan fingerprint density at radius 3 is 2.50 bits per heavy atom. The topological polar surface area (TPSA) is 46.4 Å². The van der Waals surface area contributed by atoms with Crippen LogP contribution < -0.4 is 0 Å². The van der Waals surface area contributed by atoms with Crippen LogP contribution in [0.25, 0.3) is 0 Å². The highest BCUT2D eigenvalue weighted by Crippen LogP contribution is 2.06. The van der Waals surface area contributed by atoms with E-state index in [1.807, 2.05) is 30.3 Å². The smallest absolute Gasteiger partial charge is 0.160 e. The zero-order valence-electron chi connectivity index (χ0n) is 9.63. The van der Waals surface area contributed by atoms with Crippen molar-refractivity contribution in [2.45, 2.75) is 32.7 Å². The Balaban J connectivity index is 2.48. The SMILES string of the molecule is CCCCCN(Cc1ccccc1)[N+](=O)[O-]. The largest absolute Gasteiger partial charge is 0.235 e. The van der Waals surface area contributed by atoms with Gasteiger partial charge in [0.25, 0.3) is 0 Å².